The van der Waals surface area contributed by atoms with Crippen LogP contribution in [-0.2, 0) is 25.5 Å². The topological polar surface area (TPSA) is 31.8 Å². The third-order valence-corrected chi connectivity index (χ3v) is 7.56. The molecule has 5 heteroatoms. The Morgan fingerprint density at radius 3 is 2.37 bits per heavy atom. The van der Waals surface area contributed by atoms with E-state index in [1.54, 1.807) is 6.20 Å². The number of para-hydroxylation sites is 2. The smallest absolute Gasteiger partial charge is 0.305 e. The molecular formula is C36H32IrN4. The van der Waals surface area contributed by atoms with Gasteiger partial charge in [0, 0.05) is 62.2 Å². The average molecular weight is 713 g/mol. The molecule has 0 fully saturated rings. The molecule has 2 aromatic heterocycles. The van der Waals surface area contributed by atoms with Crippen LogP contribution in [0, 0.1) is 12.1 Å². The molecule has 205 valence electrons. The van der Waals surface area contributed by atoms with Crippen LogP contribution < -0.4 is 4.58 Å². The van der Waals surface area contributed by atoms with Gasteiger partial charge >= 0.3 is 6.01 Å². The molecule has 0 bridgehead atoms. The summed E-state index contributed by atoms with van der Waals surface area (Å²) >= 11 is 0. The minimum absolute atomic E-state index is 0. The van der Waals surface area contributed by atoms with Crippen molar-refractivity contribution in [2.45, 2.75) is 39.0 Å². The average Bonchev–Trinajstić information content (AvgIpc) is 3.50. The van der Waals surface area contributed by atoms with E-state index in [2.05, 4.69) is 100 Å². The summed E-state index contributed by atoms with van der Waals surface area (Å²) in [5, 5.41) is 0. The molecule has 5 aromatic rings. The van der Waals surface area contributed by atoms with E-state index in [1.165, 1.54) is 34.5 Å². The maximum Gasteiger partial charge on any atom is 0.494 e. The first kappa shape index (κ1) is 28.5. The molecule has 0 atom stereocenters. The Balaban J connectivity index is 0.000000218. The van der Waals surface area contributed by atoms with Crippen LogP contribution in [0.2, 0.25) is 0 Å². The summed E-state index contributed by atoms with van der Waals surface area (Å²) < 4.78 is 4.39. The first-order valence-corrected chi connectivity index (χ1v) is 13.9. The number of hydrogen-bond donors (Lipinski definition) is 0. The summed E-state index contributed by atoms with van der Waals surface area (Å²) in [5.74, 6) is 0. The van der Waals surface area contributed by atoms with Crippen LogP contribution in [0.4, 0.5) is 17.1 Å². The zero-order valence-electron chi connectivity index (χ0n) is 23.6. The van der Waals surface area contributed by atoms with E-state index in [4.69, 9.17) is 0 Å². The van der Waals surface area contributed by atoms with Gasteiger partial charge in [-0.3, -0.25) is 4.98 Å². The van der Waals surface area contributed by atoms with Crippen LogP contribution >= 0.6 is 0 Å². The van der Waals surface area contributed by atoms with Crippen molar-refractivity contribution in [1.82, 2.24) is 14.5 Å². The largest absolute Gasteiger partial charge is 0.494 e. The van der Waals surface area contributed by atoms with Gasteiger partial charge in [-0.1, -0.05) is 78.3 Å². The van der Waals surface area contributed by atoms with Crippen molar-refractivity contribution in [3.63, 3.8) is 0 Å². The van der Waals surface area contributed by atoms with Crippen LogP contribution in [-0.4, -0.2) is 27.1 Å². The molecule has 0 amide bonds. The Bertz CT molecular complexity index is 1700. The normalized spacial score (nSPS) is 13.4. The number of hydrogen-bond acceptors (Lipinski definition) is 2. The van der Waals surface area contributed by atoms with E-state index in [9.17, 15) is 0 Å². The molecule has 0 saturated carbocycles. The van der Waals surface area contributed by atoms with E-state index in [0.717, 1.165) is 35.6 Å². The van der Waals surface area contributed by atoms with E-state index in [-0.39, 0.29) is 25.5 Å². The molecule has 0 spiro atoms. The molecule has 7 rings (SSSR count). The van der Waals surface area contributed by atoms with E-state index >= 15 is 0 Å². The number of pyridine rings is 2. The van der Waals surface area contributed by atoms with Crippen molar-refractivity contribution in [2.75, 3.05) is 6.54 Å². The molecule has 41 heavy (non-hydrogen) atoms. The molecule has 1 radical (unpaired) electrons. The Kier molecular flexibility index (Phi) is 8.52. The number of nitrogens with zero attached hydrogens (tertiary/aromatic N) is 4. The molecule has 0 saturated heterocycles. The van der Waals surface area contributed by atoms with Crippen LogP contribution in [0.25, 0.3) is 22.4 Å². The van der Waals surface area contributed by atoms with E-state index in [0.29, 0.717) is 0 Å². The standard InChI is InChI=1S/C25H24N3.C11H8N.Ir/c1-4-5-15-27-17-28(23-11-7-6-10-22(23)27)18-12-13-19-20-9-8-14-26-24(20)25(2,3)21(19)16-18;1-2-6-10(7-3-1)11-8-4-5-9-12-11;/h6-11,13-14,16H,4-5,15H2,1-3H3;1-6,8-9H;/q+1;-1;. The number of unbranched alkanes of at least 4 members (excludes halogenated alkanes) is 1. The van der Waals surface area contributed by atoms with Gasteiger partial charge in [0.25, 0.3) is 11.4 Å². The predicted molar refractivity (Wildman–Crippen MR) is 162 cm³/mol. The zero-order chi connectivity index (χ0) is 27.5. The quantitative estimate of drug-likeness (QED) is 0.136. The van der Waals surface area contributed by atoms with Crippen LogP contribution in [0.3, 0.4) is 0 Å². The molecular weight excluding hydrogens is 681 g/mol. The van der Waals surface area contributed by atoms with Gasteiger partial charge in [0.2, 0.25) is 0 Å². The fourth-order valence-electron chi connectivity index (χ4n) is 5.45. The summed E-state index contributed by atoms with van der Waals surface area (Å²) in [6.45, 7) is 7.72. The van der Waals surface area contributed by atoms with Gasteiger partial charge in [-0.15, -0.1) is 53.1 Å². The fourth-order valence-corrected chi connectivity index (χ4v) is 5.45. The first-order chi connectivity index (χ1) is 19.6. The summed E-state index contributed by atoms with van der Waals surface area (Å²) in [7, 11) is 0. The van der Waals surface area contributed by atoms with Crippen molar-refractivity contribution in [3.05, 3.63) is 127 Å². The second-order valence-electron chi connectivity index (χ2n) is 10.6. The molecule has 1 aliphatic heterocycles. The summed E-state index contributed by atoms with van der Waals surface area (Å²) in [6.07, 6.45) is 6.00. The predicted octanol–water partition coefficient (Wildman–Crippen LogP) is 8.20. The van der Waals surface area contributed by atoms with Gasteiger partial charge in [-0.2, -0.15) is 6.07 Å². The van der Waals surface area contributed by atoms with Crippen molar-refractivity contribution < 1.29 is 24.7 Å². The monoisotopic (exact) mass is 713 g/mol. The molecule has 0 unspecified atom stereocenters. The van der Waals surface area contributed by atoms with Crippen LogP contribution in [0.5, 0.6) is 0 Å². The molecule has 3 heterocycles. The third-order valence-electron chi connectivity index (χ3n) is 7.56. The number of aromatic nitrogens is 2. The minimum atomic E-state index is -0.114. The molecule has 2 aliphatic rings. The van der Waals surface area contributed by atoms with E-state index in [1.807, 2.05) is 54.7 Å². The summed E-state index contributed by atoms with van der Waals surface area (Å²) in [6, 6.07) is 41.0. The van der Waals surface area contributed by atoms with Gasteiger partial charge in [-0.05, 0) is 17.8 Å². The van der Waals surface area contributed by atoms with Gasteiger partial charge in [-0.25, -0.2) is 0 Å². The van der Waals surface area contributed by atoms with Crippen molar-refractivity contribution >= 4 is 23.1 Å². The Labute approximate surface area is 256 Å². The van der Waals surface area contributed by atoms with E-state index < -0.39 is 0 Å². The molecule has 0 N–H and O–H groups in total. The van der Waals surface area contributed by atoms with Gasteiger partial charge in [0.05, 0.1) is 0 Å². The SMILES string of the molecule is CCCC[N+]1=C=[N+](c2[c-]cc3c(c2)C(C)(C)c2ncccc2-3)c2ccccc21.[Ir].[c-]1ccccc1-c1ccccn1. The van der Waals surface area contributed by atoms with Crippen molar-refractivity contribution in [1.29, 1.82) is 0 Å². The Morgan fingerprint density at radius 1 is 0.829 bits per heavy atom. The van der Waals surface area contributed by atoms with Gasteiger partial charge in [0.1, 0.15) is 5.69 Å². The van der Waals surface area contributed by atoms with Gasteiger partial charge < -0.3 is 4.98 Å². The van der Waals surface area contributed by atoms with Crippen LogP contribution in [0.1, 0.15) is 44.9 Å². The number of benzene rings is 3. The Morgan fingerprint density at radius 2 is 1.61 bits per heavy atom. The fraction of sp³-hybridized carbons (Fsp3) is 0.194. The molecule has 1 aliphatic carbocycles. The molecule has 3 aromatic carbocycles. The maximum atomic E-state index is 4.68. The summed E-state index contributed by atoms with van der Waals surface area (Å²) in [5.41, 5.74) is 10.2. The molecule has 4 nitrogen and oxygen atoms in total. The second kappa shape index (κ2) is 12.2. The first-order valence-electron chi connectivity index (χ1n) is 13.9. The maximum absolute atomic E-state index is 4.68. The Hall–Kier alpha value is -4.01. The minimum Gasteiger partial charge on any atom is -0.305 e. The van der Waals surface area contributed by atoms with Crippen molar-refractivity contribution in [2.24, 2.45) is 0 Å². The number of rotatable bonds is 5. The second-order valence-corrected chi connectivity index (χ2v) is 10.6. The summed E-state index contributed by atoms with van der Waals surface area (Å²) in [4.78, 5) is 8.90. The number of fused-ring (bicyclic) bond motifs is 4. The zero-order valence-corrected chi connectivity index (χ0v) is 26.0. The van der Waals surface area contributed by atoms with Crippen molar-refractivity contribution in [3.8, 4) is 22.4 Å². The third kappa shape index (κ3) is 5.49. The van der Waals surface area contributed by atoms with Crippen LogP contribution in [0.15, 0.2) is 103 Å². The van der Waals surface area contributed by atoms with Gasteiger partial charge in [0.15, 0.2) is 6.54 Å².